The zero-order valence-electron chi connectivity index (χ0n) is 17.3. The van der Waals surface area contributed by atoms with Gasteiger partial charge in [-0.05, 0) is 37.8 Å². The fourth-order valence-electron chi connectivity index (χ4n) is 4.58. The minimum atomic E-state index is -0.0523. The van der Waals surface area contributed by atoms with E-state index in [2.05, 4.69) is 27.1 Å². The summed E-state index contributed by atoms with van der Waals surface area (Å²) in [6.45, 7) is 4.20. The Hall–Kier alpha value is -2.68. The van der Waals surface area contributed by atoms with Crippen molar-refractivity contribution < 1.29 is 18.8 Å². The first-order valence-corrected chi connectivity index (χ1v) is 9.83. The van der Waals surface area contributed by atoms with E-state index in [1.807, 2.05) is 11.8 Å². The molecule has 1 unspecified atom stereocenters. The SMILES string of the molecule is COc1ccc(C(=O)N2CCC3(CC2)CC(c2noc(C)n2)N(C)C3)c(OC)n1. The Kier molecular flexibility index (Phi) is 5.16. The first-order chi connectivity index (χ1) is 13.9. The molecule has 29 heavy (non-hydrogen) atoms. The topological polar surface area (TPSA) is 93.8 Å². The number of carbonyl (C=O) groups is 1. The Balaban J connectivity index is 1.44. The zero-order chi connectivity index (χ0) is 20.6. The van der Waals surface area contributed by atoms with E-state index in [9.17, 15) is 4.79 Å². The lowest BCUT2D eigenvalue weighted by molar-refractivity contribution is 0.0589. The lowest BCUT2D eigenvalue weighted by atomic mass is 9.76. The van der Waals surface area contributed by atoms with E-state index in [1.165, 1.54) is 14.2 Å². The smallest absolute Gasteiger partial charge is 0.259 e. The third-order valence-electron chi connectivity index (χ3n) is 6.16. The Morgan fingerprint density at radius 2 is 1.97 bits per heavy atom. The Labute approximate surface area is 170 Å². The van der Waals surface area contributed by atoms with Crippen molar-refractivity contribution in [3.8, 4) is 11.8 Å². The van der Waals surface area contributed by atoms with Gasteiger partial charge in [0.25, 0.3) is 5.91 Å². The van der Waals surface area contributed by atoms with Gasteiger partial charge in [-0.1, -0.05) is 5.16 Å². The van der Waals surface area contributed by atoms with Gasteiger partial charge in [0.15, 0.2) is 5.82 Å². The van der Waals surface area contributed by atoms with E-state index < -0.39 is 0 Å². The number of ether oxygens (including phenoxy) is 2. The van der Waals surface area contributed by atoms with Crippen LogP contribution in [-0.2, 0) is 0 Å². The van der Waals surface area contributed by atoms with Gasteiger partial charge >= 0.3 is 0 Å². The van der Waals surface area contributed by atoms with Crippen molar-refractivity contribution >= 4 is 5.91 Å². The molecule has 1 atom stereocenters. The fraction of sp³-hybridized carbons (Fsp3) is 0.600. The Morgan fingerprint density at radius 3 is 2.59 bits per heavy atom. The minimum Gasteiger partial charge on any atom is -0.481 e. The summed E-state index contributed by atoms with van der Waals surface area (Å²) < 4.78 is 15.6. The van der Waals surface area contributed by atoms with Crippen molar-refractivity contribution in [2.24, 2.45) is 5.41 Å². The van der Waals surface area contributed by atoms with E-state index in [1.54, 1.807) is 12.1 Å². The number of aryl methyl sites for hydroxylation is 1. The molecule has 0 radical (unpaired) electrons. The van der Waals surface area contributed by atoms with E-state index in [0.29, 0.717) is 36.3 Å². The average Bonchev–Trinajstić information content (AvgIpc) is 3.30. The van der Waals surface area contributed by atoms with Crippen molar-refractivity contribution in [1.82, 2.24) is 24.9 Å². The van der Waals surface area contributed by atoms with Crippen molar-refractivity contribution in [3.63, 3.8) is 0 Å². The van der Waals surface area contributed by atoms with Crippen LogP contribution in [0, 0.1) is 12.3 Å². The van der Waals surface area contributed by atoms with Gasteiger partial charge < -0.3 is 18.9 Å². The summed E-state index contributed by atoms with van der Waals surface area (Å²) in [6.07, 6.45) is 2.88. The van der Waals surface area contributed by atoms with Crippen LogP contribution in [0.2, 0.25) is 0 Å². The van der Waals surface area contributed by atoms with Crippen LogP contribution in [0.15, 0.2) is 16.7 Å². The molecule has 2 aliphatic heterocycles. The lowest BCUT2D eigenvalue weighted by Crippen LogP contribution is -2.44. The van der Waals surface area contributed by atoms with Crippen LogP contribution < -0.4 is 9.47 Å². The molecule has 4 rings (SSSR count). The highest BCUT2D eigenvalue weighted by Crippen LogP contribution is 2.47. The summed E-state index contributed by atoms with van der Waals surface area (Å²) in [5.74, 6) is 2.02. The van der Waals surface area contributed by atoms with Crippen molar-refractivity contribution in [3.05, 3.63) is 29.4 Å². The number of pyridine rings is 1. The van der Waals surface area contributed by atoms with Crippen LogP contribution in [0.4, 0.5) is 0 Å². The molecule has 2 aliphatic rings. The molecule has 2 saturated heterocycles. The summed E-state index contributed by atoms with van der Waals surface area (Å²) in [7, 11) is 5.16. The number of rotatable bonds is 4. The van der Waals surface area contributed by atoms with Crippen LogP contribution >= 0.6 is 0 Å². The molecule has 0 aromatic carbocycles. The predicted molar refractivity (Wildman–Crippen MR) is 104 cm³/mol. The summed E-state index contributed by atoms with van der Waals surface area (Å²) in [5, 5.41) is 4.12. The number of amides is 1. The first-order valence-electron chi connectivity index (χ1n) is 9.83. The zero-order valence-corrected chi connectivity index (χ0v) is 17.3. The molecule has 1 amide bonds. The molecule has 2 aromatic heterocycles. The van der Waals surface area contributed by atoms with Crippen LogP contribution in [0.1, 0.15) is 47.4 Å². The monoisotopic (exact) mass is 401 g/mol. The number of aromatic nitrogens is 3. The second-order valence-electron chi connectivity index (χ2n) is 8.01. The number of hydrogen-bond acceptors (Lipinski definition) is 8. The fourth-order valence-corrected chi connectivity index (χ4v) is 4.58. The molecule has 2 aromatic rings. The second kappa shape index (κ2) is 7.62. The Morgan fingerprint density at radius 1 is 1.21 bits per heavy atom. The number of likely N-dealkylation sites (tertiary alicyclic amines) is 2. The summed E-state index contributed by atoms with van der Waals surface area (Å²) >= 11 is 0. The number of carbonyl (C=O) groups excluding carboxylic acids is 1. The molecule has 2 fully saturated rings. The lowest BCUT2D eigenvalue weighted by Gasteiger charge is -2.39. The van der Waals surface area contributed by atoms with Gasteiger partial charge in [0.1, 0.15) is 5.56 Å². The van der Waals surface area contributed by atoms with Gasteiger partial charge in [-0.2, -0.15) is 9.97 Å². The molecule has 0 aliphatic carbocycles. The van der Waals surface area contributed by atoms with E-state index >= 15 is 0 Å². The third-order valence-corrected chi connectivity index (χ3v) is 6.16. The molecule has 0 bridgehead atoms. The van der Waals surface area contributed by atoms with Gasteiger partial charge in [-0.25, -0.2) is 0 Å². The van der Waals surface area contributed by atoms with Crippen molar-refractivity contribution in [2.45, 2.75) is 32.2 Å². The maximum Gasteiger partial charge on any atom is 0.259 e. The number of hydrogen-bond donors (Lipinski definition) is 0. The highest BCUT2D eigenvalue weighted by atomic mass is 16.5. The summed E-state index contributed by atoms with van der Waals surface area (Å²) in [6, 6.07) is 3.57. The van der Waals surface area contributed by atoms with Crippen molar-refractivity contribution in [1.29, 1.82) is 0 Å². The van der Waals surface area contributed by atoms with Crippen LogP contribution in [0.3, 0.4) is 0 Å². The van der Waals surface area contributed by atoms with E-state index in [0.717, 1.165) is 31.6 Å². The van der Waals surface area contributed by atoms with E-state index in [-0.39, 0.29) is 17.4 Å². The minimum absolute atomic E-state index is 0.0523. The number of piperidine rings is 1. The van der Waals surface area contributed by atoms with Gasteiger partial charge in [-0.15, -0.1) is 0 Å². The van der Waals surface area contributed by atoms with Gasteiger partial charge in [-0.3, -0.25) is 9.69 Å². The summed E-state index contributed by atoms with van der Waals surface area (Å²) in [4.78, 5) is 25.9. The van der Waals surface area contributed by atoms with E-state index in [4.69, 9.17) is 14.0 Å². The normalized spacial score (nSPS) is 21.5. The Bertz CT molecular complexity index is 891. The molecule has 9 heteroatoms. The quantitative estimate of drug-likeness (QED) is 0.769. The van der Waals surface area contributed by atoms with Gasteiger partial charge in [0.2, 0.25) is 17.7 Å². The predicted octanol–water partition coefficient (Wildman–Crippen LogP) is 2.09. The molecular formula is C20H27N5O4. The maximum atomic E-state index is 13.1. The van der Waals surface area contributed by atoms with Crippen LogP contribution in [-0.4, -0.2) is 71.7 Å². The first kappa shape index (κ1) is 19.6. The maximum absolute atomic E-state index is 13.1. The molecule has 1 spiro atoms. The number of methoxy groups -OCH3 is 2. The molecule has 0 N–H and O–H groups in total. The average molecular weight is 401 g/mol. The van der Waals surface area contributed by atoms with Crippen LogP contribution in [0.5, 0.6) is 11.8 Å². The highest BCUT2D eigenvalue weighted by Gasteiger charge is 2.46. The molecule has 156 valence electrons. The highest BCUT2D eigenvalue weighted by molar-refractivity contribution is 5.96. The summed E-state index contributed by atoms with van der Waals surface area (Å²) in [5.41, 5.74) is 0.639. The van der Waals surface area contributed by atoms with Gasteiger partial charge in [0.05, 0.1) is 20.3 Å². The number of nitrogens with zero attached hydrogens (tertiary/aromatic N) is 5. The van der Waals surface area contributed by atoms with Crippen molar-refractivity contribution in [2.75, 3.05) is 40.9 Å². The molecular weight excluding hydrogens is 374 g/mol. The standard InChI is InChI=1S/C20H27N5O4/c1-13-21-17(23-29-13)15-11-20(12-24(15)2)7-9-25(10-8-20)19(26)14-5-6-16(27-3)22-18(14)28-4/h5-6,15H,7-12H2,1-4H3. The molecule has 0 saturated carbocycles. The van der Waals surface area contributed by atoms with Crippen LogP contribution in [0.25, 0.3) is 0 Å². The molecule has 9 nitrogen and oxygen atoms in total. The molecule has 4 heterocycles. The second-order valence-corrected chi connectivity index (χ2v) is 8.01. The largest absolute Gasteiger partial charge is 0.481 e. The van der Waals surface area contributed by atoms with Gasteiger partial charge in [0, 0.05) is 32.6 Å². The third kappa shape index (κ3) is 3.66.